The zero-order chi connectivity index (χ0) is 6.41. The molecule has 0 radical (unpaired) electrons. The number of hydrogen-bond donors (Lipinski definition) is 3. The number of rotatable bonds is 4. The van der Waals surface area contributed by atoms with Gasteiger partial charge in [0.1, 0.15) is 0 Å². The summed E-state index contributed by atoms with van der Waals surface area (Å²) in [6.45, 7) is 2.25. The van der Waals surface area contributed by atoms with Crippen molar-refractivity contribution < 1.29 is 37.9 Å². The number of nitrogens with one attached hydrogen (secondary N) is 1. The molecule has 4 heteroatoms. The summed E-state index contributed by atoms with van der Waals surface area (Å²) >= 11 is 1.85. The standard InChI is InChI=1S/C4H12N3.Gd/c5-1-3-7-4-2-6;/h3,7H,1-2,4-6H2;. The Hall–Kier alpha value is 1.20. The second-order valence-corrected chi connectivity index (χ2v) is 3.01. The number of nitrogens with two attached hydrogens (primary N) is 2. The van der Waals surface area contributed by atoms with Crippen LogP contribution in [0.2, 0.25) is 0 Å². The third kappa shape index (κ3) is 5.34. The molecule has 51 valence electrons. The molecule has 3 nitrogen and oxygen atoms in total. The third-order valence-electron chi connectivity index (χ3n) is 0.706. The molecule has 0 saturated carbocycles. The van der Waals surface area contributed by atoms with Crippen molar-refractivity contribution in [2.45, 2.75) is 1.82 Å². The molecule has 0 fully saturated rings. The molecule has 0 bridgehead atoms. The molecule has 0 heterocycles. The van der Waals surface area contributed by atoms with Gasteiger partial charge in [0, 0.05) is 0 Å². The van der Waals surface area contributed by atoms with E-state index in [1.54, 1.807) is 0 Å². The van der Waals surface area contributed by atoms with Gasteiger partial charge < -0.3 is 0 Å². The average Bonchev–Trinajstić information content (AvgIpc) is 1.83. The van der Waals surface area contributed by atoms with E-state index in [1.807, 2.05) is 37.9 Å². The monoisotopic (exact) mass is 260 g/mol. The van der Waals surface area contributed by atoms with Gasteiger partial charge in [-0.25, -0.2) is 0 Å². The second-order valence-electron chi connectivity index (χ2n) is 1.43. The molecule has 0 aromatic rings. The molecular formula is C4H12GdN3. The first kappa shape index (κ1) is 9.20. The summed E-state index contributed by atoms with van der Waals surface area (Å²) in [5, 5.41) is 3.14. The molecule has 1 atom stereocenters. The van der Waals surface area contributed by atoms with Crippen LogP contribution in [0.5, 0.6) is 0 Å². The van der Waals surface area contributed by atoms with Crippen LogP contribution in [0.3, 0.4) is 0 Å². The normalized spacial score (nSPS) is 13.9. The quantitative estimate of drug-likeness (QED) is 0.568. The van der Waals surface area contributed by atoms with Crippen LogP contribution in [-0.4, -0.2) is 21.5 Å². The van der Waals surface area contributed by atoms with Gasteiger partial charge in [0.05, 0.1) is 0 Å². The van der Waals surface area contributed by atoms with Gasteiger partial charge in [0.15, 0.2) is 0 Å². The zero-order valence-corrected chi connectivity index (χ0v) is 6.98. The van der Waals surface area contributed by atoms with Crippen molar-refractivity contribution in [2.24, 2.45) is 11.5 Å². The van der Waals surface area contributed by atoms with Crippen molar-refractivity contribution >= 4 is 0 Å². The van der Waals surface area contributed by atoms with E-state index in [0.717, 1.165) is 6.54 Å². The summed E-state index contributed by atoms with van der Waals surface area (Å²) in [7, 11) is 0. The van der Waals surface area contributed by atoms with Crippen LogP contribution >= 0.6 is 0 Å². The van der Waals surface area contributed by atoms with Gasteiger partial charge in [0.25, 0.3) is 0 Å². The fourth-order valence-corrected chi connectivity index (χ4v) is 0.647. The van der Waals surface area contributed by atoms with Gasteiger partial charge in [-0.3, -0.25) is 0 Å². The molecule has 0 spiro atoms. The summed E-state index contributed by atoms with van der Waals surface area (Å²) in [5.74, 6) is 0. The van der Waals surface area contributed by atoms with Crippen LogP contribution in [-0.2, 0) is 0 Å². The second kappa shape index (κ2) is 6.33. The molecule has 8 heavy (non-hydrogen) atoms. The van der Waals surface area contributed by atoms with Crippen molar-refractivity contribution in [3.8, 4) is 0 Å². The van der Waals surface area contributed by atoms with Crippen molar-refractivity contribution in [1.82, 2.24) is 5.32 Å². The van der Waals surface area contributed by atoms with Crippen LogP contribution in [0.25, 0.3) is 0 Å². The Labute approximate surface area is 75.5 Å². The Bertz CT molecular complexity index is 50.5. The van der Waals surface area contributed by atoms with E-state index in [1.165, 1.54) is 0 Å². The summed E-state index contributed by atoms with van der Waals surface area (Å²) in [6.07, 6.45) is 0. The maximum atomic E-state index is 5.32. The van der Waals surface area contributed by atoms with E-state index in [4.69, 9.17) is 11.5 Å². The van der Waals surface area contributed by atoms with E-state index in [0.29, 0.717) is 14.9 Å². The Kier molecular flexibility index (Phi) is 7.28. The fraction of sp³-hybridized carbons (Fsp3) is 1.00. The molecule has 0 aliphatic heterocycles. The number of hydrogen-bond acceptors (Lipinski definition) is 3. The van der Waals surface area contributed by atoms with Crippen molar-refractivity contribution in [3.63, 3.8) is 0 Å². The molecule has 0 amide bonds. The summed E-state index contributed by atoms with van der Waals surface area (Å²) in [5.41, 5.74) is 10.5. The van der Waals surface area contributed by atoms with E-state index >= 15 is 0 Å². The van der Waals surface area contributed by atoms with Crippen molar-refractivity contribution in [3.05, 3.63) is 0 Å². The van der Waals surface area contributed by atoms with Gasteiger partial charge in [-0.15, -0.1) is 0 Å². The van der Waals surface area contributed by atoms with Gasteiger partial charge in [0.2, 0.25) is 0 Å². The topological polar surface area (TPSA) is 64.1 Å². The van der Waals surface area contributed by atoms with Crippen LogP contribution in [0.4, 0.5) is 0 Å². The Balaban J connectivity index is 2.86. The van der Waals surface area contributed by atoms with E-state index in [-0.39, 0.29) is 0 Å². The van der Waals surface area contributed by atoms with E-state index < -0.39 is 0 Å². The fourth-order valence-electron chi connectivity index (χ4n) is 0.320. The molecule has 0 aliphatic rings. The van der Waals surface area contributed by atoms with E-state index in [2.05, 4.69) is 5.32 Å². The molecule has 0 aromatic heterocycles. The van der Waals surface area contributed by atoms with Crippen LogP contribution in [0, 0.1) is 37.9 Å². The van der Waals surface area contributed by atoms with Gasteiger partial charge in [-0.2, -0.15) is 0 Å². The van der Waals surface area contributed by atoms with Crippen LogP contribution < -0.4 is 16.8 Å². The molecule has 1 unspecified atom stereocenters. The predicted molar refractivity (Wildman–Crippen MR) is 29.9 cm³/mol. The Morgan fingerprint density at radius 3 is 2.50 bits per heavy atom. The van der Waals surface area contributed by atoms with Crippen LogP contribution in [0.15, 0.2) is 0 Å². The average molecular weight is 259 g/mol. The first-order valence-electron chi connectivity index (χ1n) is 2.57. The zero-order valence-electron chi connectivity index (χ0n) is 4.71. The van der Waals surface area contributed by atoms with Crippen molar-refractivity contribution in [2.75, 3.05) is 19.6 Å². The van der Waals surface area contributed by atoms with Gasteiger partial charge >= 0.3 is 76.1 Å². The summed E-state index contributed by atoms with van der Waals surface area (Å²) in [4.78, 5) is 0. The summed E-state index contributed by atoms with van der Waals surface area (Å²) in [6, 6.07) is 0. The Morgan fingerprint density at radius 2 is 2.12 bits per heavy atom. The minimum absolute atomic E-state index is 0.429. The molecule has 0 rings (SSSR count). The van der Waals surface area contributed by atoms with E-state index in [9.17, 15) is 0 Å². The van der Waals surface area contributed by atoms with Gasteiger partial charge in [-0.1, -0.05) is 0 Å². The van der Waals surface area contributed by atoms with Crippen LogP contribution in [0.1, 0.15) is 0 Å². The molecule has 5 N–H and O–H groups in total. The summed E-state index contributed by atoms with van der Waals surface area (Å²) < 4.78 is 0.429. The molecular weight excluding hydrogens is 247 g/mol. The van der Waals surface area contributed by atoms with Gasteiger partial charge in [-0.05, 0) is 0 Å². The molecule has 0 aliphatic carbocycles. The predicted octanol–water partition coefficient (Wildman–Crippen LogP) is -1.63. The van der Waals surface area contributed by atoms with Crippen molar-refractivity contribution in [1.29, 1.82) is 0 Å². The molecule has 0 saturated heterocycles. The third-order valence-corrected chi connectivity index (χ3v) is 1.70. The minimum atomic E-state index is 0.429. The SMILES string of the molecule is NCCN[CH]([Gd])CN. The first-order chi connectivity index (χ1) is 3.81. The Morgan fingerprint density at radius 1 is 1.50 bits per heavy atom. The molecule has 0 aromatic carbocycles. The maximum absolute atomic E-state index is 5.32. The first-order valence-corrected chi connectivity index (χ1v) is 3.88.